The summed E-state index contributed by atoms with van der Waals surface area (Å²) in [5, 5.41) is 11.6. The van der Waals surface area contributed by atoms with E-state index in [0.717, 1.165) is 56.7 Å². The minimum atomic E-state index is -0.660. The summed E-state index contributed by atoms with van der Waals surface area (Å²) < 4.78 is 20.4. The zero-order chi connectivity index (χ0) is 46.9. The van der Waals surface area contributed by atoms with E-state index in [0.29, 0.717) is 81.8 Å². The van der Waals surface area contributed by atoms with Crippen molar-refractivity contribution in [2.24, 2.45) is 11.7 Å². The molecule has 0 saturated carbocycles. The number of hydrogen-bond acceptors (Lipinski definition) is 11. The van der Waals surface area contributed by atoms with Crippen molar-refractivity contribution in [3.8, 4) is 11.1 Å². The Balaban J connectivity index is 0.768. The predicted molar refractivity (Wildman–Crippen MR) is 251 cm³/mol. The summed E-state index contributed by atoms with van der Waals surface area (Å²) in [5.41, 5.74) is 9.11. The molecule has 17 heteroatoms. The van der Waals surface area contributed by atoms with E-state index in [-0.39, 0.29) is 66.3 Å². The van der Waals surface area contributed by atoms with Gasteiger partial charge in [0.25, 0.3) is 11.8 Å². The van der Waals surface area contributed by atoms with Gasteiger partial charge in [0, 0.05) is 120 Å². The molecule has 5 amide bonds. The minimum Gasteiger partial charge on any atom is -0.379 e. The molecule has 0 radical (unpaired) electrons. The highest BCUT2D eigenvalue weighted by Crippen LogP contribution is 2.28. The van der Waals surface area contributed by atoms with E-state index < -0.39 is 17.6 Å². The lowest BCUT2D eigenvalue weighted by Crippen LogP contribution is -2.55. The first-order valence-electron chi connectivity index (χ1n) is 23.2. The van der Waals surface area contributed by atoms with Gasteiger partial charge in [-0.15, -0.1) is 0 Å². The van der Waals surface area contributed by atoms with Gasteiger partial charge in [0.2, 0.25) is 17.7 Å². The lowest BCUT2D eigenvalue weighted by molar-refractivity contribution is -0.134. The Morgan fingerprint density at radius 1 is 0.672 bits per heavy atom. The van der Waals surface area contributed by atoms with Crippen LogP contribution >= 0.6 is 0 Å². The van der Waals surface area contributed by atoms with Crippen LogP contribution in [0.15, 0.2) is 85.1 Å². The van der Waals surface area contributed by atoms with Gasteiger partial charge in [-0.1, -0.05) is 54.6 Å². The number of piperazine rings is 2. The van der Waals surface area contributed by atoms with Gasteiger partial charge in [0.15, 0.2) is 5.69 Å². The second-order valence-corrected chi connectivity index (χ2v) is 17.8. The number of hydrogen-bond donors (Lipinski definition) is 3. The summed E-state index contributed by atoms with van der Waals surface area (Å²) in [7, 11) is 0. The topological polar surface area (TPSA) is 189 Å². The maximum atomic E-state index is 15.0. The number of nitrogens with one attached hydrogen (secondary N) is 2. The van der Waals surface area contributed by atoms with Gasteiger partial charge in [-0.05, 0) is 54.2 Å². The van der Waals surface area contributed by atoms with Gasteiger partial charge in [-0.3, -0.25) is 33.8 Å². The summed E-state index contributed by atoms with van der Waals surface area (Å²) in [6.07, 6.45) is 3.49. The molecule has 67 heavy (non-hydrogen) atoms. The van der Waals surface area contributed by atoms with Crippen molar-refractivity contribution < 1.29 is 33.1 Å². The molecule has 4 aliphatic heterocycles. The molecule has 0 unspecified atom stereocenters. The van der Waals surface area contributed by atoms with Crippen LogP contribution in [0, 0.1) is 17.1 Å². The number of nitrogens with zero attached hydrogens (tertiary/aromatic N) is 7. The van der Waals surface area contributed by atoms with E-state index in [2.05, 4.69) is 20.1 Å². The number of ether oxygens (including phenoxy) is 1. The van der Waals surface area contributed by atoms with Crippen LogP contribution in [-0.4, -0.2) is 181 Å². The summed E-state index contributed by atoms with van der Waals surface area (Å²) >= 11 is 0. The molecule has 0 aliphatic carbocycles. The molecule has 0 bridgehead atoms. The van der Waals surface area contributed by atoms with Gasteiger partial charge in [-0.2, -0.15) is 0 Å². The zero-order valence-corrected chi connectivity index (χ0v) is 37.8. The van der Waals surface area contributed by atoms with E-state index in [4.69, 9.17) is 15.9 Å². The van der Waals surface area contributed by atoms with E-state index in [1.54, 1.807) is 40.3 Å². The molecular weight excluding hydrogens is 856 g/mol. The van der Waals surface area contributed by atoms with Crippen molar-refractivity contribution in [1.82, 2.24) is 34.4 Å². The van der Waals surface area contributed by atoms with Crippen molar-refractivity contribution in [2.45, 2.75) is 19.3 Å². The summed E-state index contributed by atoms with van der Waals surface area (Å²) in [4.78, 5) is 82.5. The van der Waals surface area contributed by atoms with Gasteiger partial charge in [0.1, 0.15) is 5.82 Å². The third kappa shape index (κ3) is 12.0. The molecule has 0 atom stereocenters. The number of anilines is 1. The van der Waals surface area contributed by atoms with Crippen LogP contribution in [0.25, 0.3) is 11.1 Å². The number of piperidine rings is 1. The first-order chi connectivity index (χ1) is 32.5. The number of amides is 5. The van der Waals surface area contributed by atoms with Crippen LogP contribution in [0.5, 0.6) is 0 Å². The van der Waals surface area contributed by atoms with Crippen LogP contribution in [0.3, 0.4) is 0 Å². The molecule has 3 aromatic carbocycles. The van der Waals surface area contributed by atoms with Crippen LogP contribution in [0.4, 0.5) is 10.1 Å². The van der Waals surface area contributed by atoms with Crippen molar-refractivity contribution in [2.75, 3.05) is 117 Å². The van der Waals surface area contributed by atoms with Crippen molar-refractivity contribution in [1.29, 1.82) is 5.41 Å². The SMILES string of the molecule is N=C(Cc1ccc(F)c(C(=O)N2CCN(C(=O)CN3CCN(CC4CCN(C(=O)c5ncc(-c6ccccc6)cc5NC(=O)CN5CCOCC5)CC4)CC3)CC2)c1)c1ccccc1C(N)=O. The predicted octanol–water partition coefficient (Wildman–Crippen LogP) is 3.32. The molecule has 4 fully saturated rings. The number of pyridine rings is 1. The molecule has 16 nitrogen and oxygen atoms in total. The Morgan fingerprint density at radius 3 is 2.00 bits per heavy atom. The molecule has 8 rings (SSSR count). The normalized spacial score (nSPS) is 17.8. The van der Waals surface area contributed by atoms with Crippen LogP contribution in [0.1, 0.15) is 55.2 Å². The maximum absolute atomic E-state index is 15.0. The molecule has 4 aromatic rings. The Labute approximate surface area is 390 Å². The fourth-order valence-electron chi connectivity index (χ4n) is 9.36. The average Bonchev–Trinajstić information content (AvgIpc) is 3.35. The van der Waals surface area contributed by atoms with Gasteiger partial charge < -0.3 is 40.8 Å². The summed E-state index contributed by atoms with van der Waals surface area (Å²) in [5.74, 6) is -1.73. The van der Waals surface area contributed by atoms with E-state index in [1.807, 2.05) is 46.2 Å². The summed E-state index contributed by atoms with van der Waals surface area (Å²) in [6, 6.07) is 22.4. The largest absolute Gasteiger partial charge is 0.379 e. The lowest BCUT2D eigenvalue weighted by atomic mass is 9.95. The van der Waals surface area contributed by atoms with Gasteiger partial charge in [0.05, 0.1) is 37.6 Å². The molecule has 4 aliphatic rings. The fraction of sp³-hybridized carbons (Fsp3) is 0.420. The zero-order valence-electron chi connectivity index (χ0n) is 37.8. The van der Waals surface area contributed by atoms with Crippen LogP contribution in [-0.2, 0) is 20.7 Å². The van der Waals surface area contributed by atoms with E-state index in [1.165, 1.54) is 18.2 Å². The fourth-order valence-corrected chi connectivity index (χ4v) is 9.36. The molecule has 4 saturated heterocycles. The number of primary amides is 1. The number of benzene rings is 3. The molecular formula is C50H59FN10O6. The second-order valence-electron chi connectivity index (χ2n) is 17.8. The average molecular weight is 915 g/mol. The summed E-state index contributed by atoms with van der Waals surface area (Å²) in [6.45, 7) is 9.58. The van der Waals surface area contributed by atoms with E-state index in [9.17, 15) is 24.0 Å². The number of rotatable bonds is 14. The standard InChI is InChI=1S/C50H59FN10O6/c51-42-11-10-36(29-43(52)39-8-4-5-9-40(39)48(53)64)28-41(42)49(65)61-22-20-59(21-23-61)46(63)34-57-18-16-56(17-19-57)32-35-12-14-60(15-13-35)50(66)47-44(55-45(62)33-58-24-26-67-27-25-58)30-38(31-54-47)37-6-2-1-3-7-37/h1-11,28,30-31,35,52H,12-27,29,32-34H2,(H2,53,64)(H,55,62). The molecule has 0 spiro atoms. The monoisotopic (exact) mass is 914 g/mol. The number of aromatic nitrogens is 1. The smallest absolute Gasteiger partial charge is 0.274 e. The van der Waals surface area contributed by atoms with Gasteiger partial charge >= 0.3 is 0 Å². The number of morpholine rings is 1. The first kappa shape index (κ1) is 47.1. The lowest BCUT2D eigenvalue weighted by Gasteiger charge is -2.40. The van der Waals surface area contributed by atoms with E-state index >= 15 is 4.39 Å². The highest BCUT2D eigenvalue weighted by molar-refractivity contribution is 6.09. The molecule has 1 aromatic heterocycles. The highest BCUT2D eigenvalue weighted by Gasteiger charge is 2.31. The second kappa shape index (κ2) is 21.9. The van der Waals surface area contributed by atoms with Crippen molar-refractivity contribution in [3.63, 3.8) is 0 Å². The van der Waals surface area contributed by atoms with Crippen molar-refractivity contribution >= 4 is 40.9 Å². The van der Waals surface area contributed by atoms with Crippen LogP contribution < -0.4 is 11.1 Å². The first-order valence-corrected chi connectivity index (χ1v) is 23.2. The number of halogens is 1. The number of nitrogens with two attached hydrogens (primary N) is 1. The molecule has 4 N–H and O–H groups in total. The number of carbonyl (C=O) groups is 5. The Kier molecular flexibility index (Phi) is 15.4. The minimum absolute atomic E-state index is 0.00420. The quantitative estimate of drug-likeness (QED) is 0.159. The third-order valence-electron chi connectivity index (χ3n) is 13.3. The Hall–Kier alpha value is -6.40. The maximum Gasteiger partial charge on any atom is 0.274 e. The number of likely N-dealkylation sites (tertiary alicyclic amines) is 1. The Morgan fingerprint density at radius 2 is 1.30 bits per heavy atom. The van der Waals surface area contributed by atoms with Crippen LogP contribution in [0.2, 0.25) is 0 Å². The molecule has 352 valence electrons. The van der Waals surface area contributed by atoms with Crippen molar-refractivity contribution in [3.05, 3.63) is 119 Å². The highest BCUT2D eigenvalue weighted by atomic mass is 19.1. The third-order valence-corrected chi connectivity index (χ3v) is 13.3. The number of carbonyl (C=O) groups excluding carboxylic acids is 5. The molecule has 5 heterocycles. The Bertz CT molecular complexity index is 2440. The van der Waals surface area contributed by atoms with Gasteiger partial charge in [-0.25, -0.2) is 9.37 Å².